The lowest BCUT2D eigenvalue weighted by atomic mass is 10.2. The molecule has 0 atom stereocenters. The number of imidazole rings is 1. The van der Waals surface area contributed by atoms with Gasteiger partial charge in [-0.05, 0) is 48.5 Å². The Labute approximate surface area is 185 Å². The number of methoxy groups -OCH3 is 1. The molecule has 0 unspecified atom stereocenters. The summed E-state index contributed by atoms with van der Waals surface area (Å²) >= 11 is 5.90. The molecule has 0 spiro atoms. The van der Waals surface area contributed by atoms with Gasteiger partial charge >= 0.3 is 0 Å². The van der Waals surface area contributed by atoms with Crippen LogP contribution in [0.25, 0.3) is 11.0 Å². The molecule has 0 saturated carbocycles. The summed E-state index contributed by atoms with van der Waals surface area (Å²) in [4.78, 5) is 17.2. The van der Waals surface area contributed by atoms with E-state index in [1.165, 1.54) is 0 Å². The van der Waals surface area contributed by atoms with Crippen LogP contribution in [0.2, 0.25) is 5.02 Å². The Hall–Kier alpha value is -3.51. The van der Waals surface area contributed by atoms with E-state index in [1.54, 1.807) is 31.4 Å². The van der Waals surface area contributed by atoms with Crippen LogP contribution >= 0.6 is 11.6 Å². The first kappa shape index (κ1) is 20.8. The molecule has 0 bridgehead atoms. The molecule has 0 fully saturated rings. The van der Waals surface area contributed by atoms with Gasteiger partial charge in [0.25, 0.3) is 5.91 Å². The van der Waals surface area contributed by atoms with E-state index in [9.17, 15) is 4.79 Å². The molecule has 4 aromatic rings. The van der Waals surface area contributed by atoms with Crippen molar-refractivity contribution in [1.82, 2.24) is 14.9 Å². The standard InChI is InChI=1S/C24H22ClN3O3/c1-30-21-8-4-5-9-22(21)31-15-14-28-20-7-3-2-6-19(20)27-23(28)16-26-24(29)17-10-12-18(25)13-11-17/h2-13H,14-16H2,1H3,(H,26,29). The molecular weight excluding hydrogens is 414 g/mol. The first-order valence-corrected chi connectivity index (χ1v) is 10.3. The van der Waals surface area contributed by atoms with Gasteiger partial charge in [0.15, 0.2) is 11.5 Å². The zero-order valence-electron chi connectivity index (χ0n) is 17.0. The molecule has 1 heterocycles. The second kappa shape index (κ2) is 9.53. The average molecular weight is 436 g/mol. The molecule has 0 radical (unpaired) electrons. The number of rotatable bonds is 8. The van der Waals surface area contributed by atoms with Crippen molar-refractivity contribution in [3.63, 3.8) is 0 Å². The van der Waals surface area contributed by atoms with E-state index in [-0.39, 0.29) is 5.91 Å². The van der Waals surface area contributed by atoms with E-state index in [0.29, 0.717) is 41.8 Å². The van der Waals surface area contributed by atoms with Gasteiger partial charge in [0.1, 0.15) is 12.4 Å². The summed E-state index contributed by atoms with van der Waals surface area (Å²) in [5.41, 5.74) is 2.41. The van der Waals surface area contributed by atoms with Gasteiger partial charge in [0.2, 0.25) is 0 Å². The summed E-state index contributed by atoms with van der Waals surface area (Å²) < 4.78 is 13.3. The van der Waals surface area contributed by atoms with Gasteiger partial charge in [-0.2, -0.15) is 0 Å². The molecule has 158 valence electrons. The number of aromatic nitrogens is 2. The number of halogens is 1. The van der Waals surface area contributed by atoms with Crippen molar-refractivity contribution in [2.45, 2.75) is 13.1 Å². The minimum absolute atomic E-state index is 0.180. The average Bonchev–Trinajstić information content (AvgIpc) is 3.16. The van der Waals surface area contributed by atoms with Gasteiger partial charge in [-0.1, -0.05) is 35.9 Å². The molecule has 1 amide bonds. The van der Waals surface area contributed by atoms with Crippen LogP contribution in [-0.4, -0.2) is 29.2 Å². The molecule has 0 aliphatic rings. The minimum Gasteiger partial charge on any atom is -0.493 e. The molecule has 4 rings (SSSR count). The monoisotopic (exact) mass is 435 g/mol. The van der Waals surface area contributed by atoms with Crippen molar-refractivity contribution in [1.29, 1.82) is 0 Å². The smallest absolute Gasteiger partial charge is 0.251 e. The fourth-order valence-electron chi connectivity index (χ4n) is 3.36. The summed E-state index contributed by atoms with van der Waals surface area (Å²) in [6.45, 7) is 1.30. The van der Waals surface area contributed by atoms with Crippen LogP contribution in [0, 0.1) is 0 Å². The van der Waals surface area contributed by atoms with Gasteiger partial charge < -0.3 is 19.4 Å². The number of ether oxygens (including phenoxy) is 2. The third kappa shape index (κ3) is 4.81. The Balaban J connectivity index is 1.49. The number of carbonyl (C=O) groups excluding carboxylic acids is 1. The van der Waals surface area contributed by atoms with Crippen LogP contribution in [0.4, 0.5) is 0 Å². The lowest BCUT2D eigenvalue weighted by Gasteiger charge is -2.13. The van der Waals surface area contributed by atoms with Crippen LogP contribution < -0.4 is 14.8 Å². The maximum atomic E-state index is 12.5. The zero-order valence-corrected chi connectivity index (χ0v) is 17.8. The second-order valence-electron chi connectivity index (χ2n) is 6.86. The third-order valence-corrected chi connectivity index (χ3v) is 5.14. The van der Waals surface area contributed by atoms with E-state index in [2.05, 4.69) is 9.88 Å². The van der Waals surface area contributed by atoms with Crippen molar-refractivity contribution in [2.75, 3.05) is 13.7 Å². The van der Waals surface area contributed by atoms with Gasteiger partial charge in [-0.3, -0.25) is 4.79 Å². The number of fused-ring (bicyclic) bond motifs is 1. The summed E-state index contributed by atoms with van der Waals surface area (Å²) in [5, 5.41) is 3.53. The molecular formula is C24H22ClN3O3. The quantitative estimate of drug-likeness (QED) is 0.435. The molecule has 1 N–H and O–H groups in total. The minimum atomic E-state index is -0.180. The number of amides is 1. The number of para-hydroxylation sites is 4. The molecule has 0 aliphatic carbocycles. The van der Waals surface area contributed by atoms with Crippen LogP contribution in [-0.2, 0) is 13.1 Å². The van der Waals surface area contributed by atoms with E-state index in [0.717, 1.165) is 16.9 Å². The summed E-state index contributed by atoms with van der Waals surface area (Å²) in [7, 11) is 1.62. The maximum absolute atomic E-state index is 12.5. The van der Waals surface area contributed by atoms with Gasteiger partial charge in [0, 0.05) is 10.6 Å². The Kier molecular flexibility index (Phi) is 6.38. The Bertz CT molecular complexity index is 1190. The number of nitrogens with zero attached hydrogens (tertiary/aromatic N) is 2. The van der Waals surface area contributed by atoms with Gasteiger partial charge in [-0.25, -0.2) is 4.98 Å². The fraction of sp³-hybridized carbons (Fsp3) is 0.167. The predicted molar refractivity (Wildman–Crippen MR) is 121 cm³/mol. The molecule has 6 nitrogen and oxygen atoms in total. The highest BCUT2D eigenvalue weighted by molar-refractivity contribution is 6.30. The molecule has 0 aliphatic heterocycles. The first-order valence-electron chi connectivity index (χ1n) is 9.89. The number of hydrogen-bond acceptors (Lipinski definition) is 4. The lowest BCUT2D eigenvalue weighted by molar-refractivity contribution is 0.0949. The summed E-state index contributed by atoms with van der Waals surface area (Å²) in [6, 6.07) is 22.2. The largest absolute Gasteiger partial charge is 0.493 e. The molecule has 31 heavy (non-hydrogen) atoms. The number of hydrogen-bond donors (Lipinski definition) is 1. The Morgan fingerprint density at radius 1 is 1.00 bits per heavy atom. The van der Waals surface area contributed by atoms with Crippen LogP contribution in [0.1, 0.15) is 16.2 Å². The van der Waals surface area contributed by atoms with E-state index >= 15 is 0 Å². The van der Waals surface area contributed by atoms with E-state index in [4.69, 9.17) is 26.1 Å². The van der Waals surface area contributed by atoms with Gasteiger partial charge in [0.05, 0.1) is 31.2 Å². The van der Waals surface area contributed by atoms with Crippen molar-refractivity contribution >= 4 is 28.5 Å². The molecule has 1 aromatic heterocycles. The highest BCUT2D eigenvalue weighted by Gasteiger charge is 2.13. The highest BCUT2D eigenvalue weighted by atomic mass is 35.5. The van der Waals surface area contributed by atoms with Crippen molar-refractivity contribution in [2.24, 2.45) is 0 Å². The number of nitrogens with one attached hydrogen (secondary N) is 1. The fourth-order valence-corrected chi connectivity index (χ4v) is 3.48. The normalized spacial score (nSPS) is 10.8. The summed E-state index contributed by atoms with van der Waals surface area (Å²) in [6.07, 6.45) is 0. The topological polar surface area (TPSA) is 65.4 Å². The SMILES string of the molecule is COc1ccccc1OCCn1c(CNC(=O)c2ccc(Cl)cc2)nc2ccccc21. The molecule has 0 saturated heterocycles. The van der Waals surface area contributed by atoms with E-state index in [1.807, 2.05) is 48.5 Å². The Morgan fingerprint density at radius 3 is 2.48 bits per heavy atom. The Morgan fingerprint density at radius 2 is 1.71 bits per heavy atom. The van der Waals surface area contributed by atoms with Crippen LogP contribution in [0.3, 0.4) is 0 Å². The maximum Gasteiger partial charge on any atom is 0.251 e. The first-order chi connectivity index (χ1) is 15.2. The molecule has 3 aromatic carbocycles. The van der Waals surface area contributed by atoms with E-state index < -0.39 is 0 Å². The second-order valence-corrected chi connectivity index (χ2v) is 7.29. The summed E-state index contributed by atoms with van der Waals surface area (Å²) in [5.74, 6) is 1.95. The number of benzene rings is 3. The molecule has 7 heteroatoms. The predicted octanol–water partition coefficient (Wildman–Crippen LogP) is 4.71. The zero-order chi connectivity index (χ0) is 21.6. The lowest BCUT2D eigenvalue weighted by Crippen LogP contribution is -2.25. The van der Waals surface area contributed by atoms with Crippen molar-refractivity contribution < 1.29 is 14.3 Å². The number of carbonyl (C=O) groups is 1. The highest BCUT2D eigenvalue weighted by Crippen LogP contribution is 2.26. The third-order valence-electron chi connectivity index (χ3n) is 4.89. The van der Waals surface area contributed by atoms with Crippen LogP contribution in [0.5, 0.6) is 11.5 Å². The van der Waals surface area contributed by atoms with Crippen molar-refractivity contribution in [3.05, 3.63) is 89.2 Å². The van der Waals surface area contributed by atoms with Crippen LogP contribution in [0.15, 0.2) is 72.8 Å². The van der Waals surface area contributed by atoms with Crippen molar-refractivity contribution in [3.8, 4) is 11.5 Å². The van der Waals surface area contributed by atoms with Gasteiger partial charge in [-0.15, -0.1) is 0 Å².